The lowest BCUT2D eigenvalue weighted by Crippen LogP contribution is -2.42. The topological polar surface area (TPSA) is 103 Å². The lowest BCUT2D eigenvalue weighted by Gasteiger charge is -2.25. The highest BCUT2D eigenvalue weighted by Crippen LogP contribution is 2.25. The fraction of sp³-hybridized carbons (Fsp3) is 0.632. The summed E-state index contributed by atoms with van der Waals surface area (Å²) in [5, 5.41) is 15.8. The maximum atomic E-state index is 12.1. The number of aliphatic hydroxyl groups is 1. The van der Waals surface area contributed by atoms with Gasteiger partial charge in [0.25, 0.3) is 0 Å². The Morgan fingerprint density at radius 3 is 2.54 bits per heavy atom. The molecule has 2 rings (SSSR count). The monoisotopic (exact) mass is 524 g/mol. The van der Waals surface area contributed by atoms with Crippen LogP contribution in [-0.2, 0) is 10.0 Å². The summed E-state index contributed by atoms with van der Waals surface area (Å²) in [6.07, 6.45) is 3.44. The molecule has 4 N–H and O–H groups in total. The molecule has 1 unspecified atom stereocenters. The lowest BCUT2D eigenvalue weighted by molar-refractivity contribution is 0.268. The van der Waals surface area contributed by atoms with E-state index < -0.39 is 10.0 Å². The standard InChI is InChI=1S/C19H32N4O3S.HI/c1-2-20-19(22-14-18(15-24)17-9-4-3-5-10-17)21-11-12-27(25,26)23-13-16-7-6-8-16;/h3-5,9-10,16,18,23-24H,2,6-8,11-15H2,1H3,(H2,20,21,22);1H. The summed E-state index contributed by atoms with van der Waals surface area (Å²) in [6, 6.07) is 9.75. The molecule has 0 bridgehead atoms. The Morgan fingerprint density at radius 1 is 1.25 bits per heavy atom. The highest BCUT2D eigenvalue weighted by atomic mass is 127. The molecule has 28 heavy (non-hydrogen) atoms. The van der Waals surface area contributed by atoms with E-state index >= 15 is 0 Å². The van der Waals surface area contributed by atoms with Gasteiger partial charge in [-0.1, -0.05) is 36.8 Å². The van der Waals surface area contributed by atoms with E-state index in [-0.39, 0.29) is 48.8 Å². The van der Waals surface area contributed by atoms with Crippen LogP contribution in [0.2, 0.25) is 0 Å². The van der Waals surface area contributed by atoms with Gasteiger partial charge >= 0.3 is 0 Å². The number of aliphatic imine (C=N–C) groups is 1. The van der Waals surface area contributed by atoms with Gasteiger partial charge in [0.1, 0.15) is 0 Å². The molecule has 0 amide bonds. The van der Waals surface area contributed by atoms with Crippen molar-refractivity contribution >= 4 is 40.0 Å². The average molecular weight is 524 g/mol. The third-order valence-corrected chi connectivity index (χ3v) is 6.13. The van der Waals surface area contributed by atoms with E-state index in [1.54, 1.807) is 0 Å². The van der Waals surface area contributed by atoms with E-state index in [1.165, 1.54) is 6.42 Å². The zero-order valence-electron chi connectivity index (χ0n) is 16.4. The Balaban J connectivity index is 0.00000392. The van der Waals surface area contributed by atoms with Crippen molar-refractivity contribution in [3.05, 3.63) is 35.9 Å². The summed E-state index contributed by atoms with van der Waals surface area (Å²) in [6.45, 7) is 3.88. The molecule has 0 heterocycles. The molecule has 1 saturated carbocycles. The molecule has 1 aliphatic carbocycles. The molecule has 7 nitrogen and oxygen atoms in total. The maximum absolute atomic E-state index is 12.1. The quantitative estimate of drug-likeness (QED) is 0.200. The van der Waals surface area contributed by atoms with Crippen LogP contribution in [0.1, 0.15) is 37.7 Å². The molecule has 0 spiro atoms. The second kappa shape index (κ2) is 13.3. The van der Waals surface area contributed by atoms with Crippen LogP contribution in [0.15, 0.2) is 35.3 Å². The number of guanidine groups is 1. The fourth-order valence-corrected chi connectivity index (χ4v) is 3.86. The summed E-state index contributed by atoms with van der Waals surface area (Å²) in [4.78, 5) is 4.50. The summed E-state index contributed by atoms with van der Waals surface area (Å²) in [5.41, 5.74) is 1.03. The molecule has 0 aromatic heterocycles. The second-order valence-electron chi connectivity index (χ2n) is 6.90. The first kappa shape index (κ1) is 25.1. The number of hydrogen-bond donors (Lipinski definition) is 4. The Morgan fingerprint density at radius 2 is 1.96 bits per heavy atom. The summed E-state index contributed by atoms with van der Waals surface area (Å²) >= 11 is 0. The average Bonchev–Trinajstić information content (AvgIpc) is 2.61. The first-order chi connectivity index (χ1) is 13.0. The number of halogens is 1. The SMILES string of the molecule is CCNC(=NCC(CO)c1ccccc1)NCCS(=O)(=O)NCC1CCC1.I. The largest absolute Gasteiger partial charge is 0.396 e. The molecule has 1 aliphatic rings. The van der Waals surface area contributed by atoms with Crippen molar-refractivity contribution < 1.29 is 13.5 Å². The van der Waals surface area contributed by atoms with E-state index in [0.717, 1.165) is 18.4 Å². The Labute approximate surface area is 185 Å². The highest BCUT2D eigenvalue weighted by molar-refractivity contribution is 14.0. The molecule has 0 saturated heterocycles. The van der Waals surface area contributed by atoms with Crippen LogP contribution in [0.3, 0.4) is 0 Å². The van der Waals surface area contributed by atoms with E-state index in [0.29, 0.717) is 31.5 Å². The van der Waals surface area contributed by atoms with Crippen LogP contribution in [0.4, 0.5) is 0 Å². The molecular formula is C19H33IN4O3S. The smallest absolute Gasteiger partial charge is 0.213 e. The summed E-state index contributed by atoms with van der Waals surface area (Å²) in [7, 11) is -3.28. The van der Waals surface area contributed by atoms with Gasteiger partial charge in [0.05, 0.1) is 18.9 Å². The molecule has 9 heteroatoms. The Bertz CT molecular complexity index is 682. The molecular weight excluding hydrogens is 491 g/mol. The number of nitrogens with one attached hydrogen (secondary N) is 3. The first-order valence-corrected chi connectivity index (χ1v) is 11.3. The predicted molar refractivity (Wildman–Crippen MR) is 125 cm³/mol. The maximum Gasteiger partial charge on any atom is 0.213 e. The molecule has 1 fully saturated rings. The summed E-state index contributed by atoms with van der Waals surface area (Å²) < 4.78 is 26.8. The third-order valence-electron chi connectivity index (χ3n) is 4.79. The minimum absolute atomic E-state index is 0. The number of nitrogens with zero attached hydrogens (tertiary/aromatic N) is 1. The lowest BCUT2D eigenvalue weighted by atomic mass is 9.86. The number of hydrogen-bond acceptors (Lipinski definition) is 4. The van der Waals surface area contributed by atoms with Crippen LogP contribution >= 0.6 is 24.0 Å². The number of aliphatic hydroxyl groups excluding tert-OH is 1. The van der Waals surface area contributed by atoms with Crippen LogP contribution in [0.5, 0.6) is 0 Å². The first-order valence-electron chi connectivity index (χ1n) is 9.69. The molecule has 160 valence electrons. The molecule has 1 aromatic carbocycles. The highest BCUT2D eigenvalue weighted by Gasteiger charge is 2.20. The van der Waals surface area contributed by atoms with E-state index in [4.69, 9.17) is 0 Å². The zero-order chi connectivity index (χ0) is 19.5. The fourth-order valence-electron chi connectivity index (χ4n) is 2.85. The predicted octanol–water partition coefficient (Wildman–Crippen LogP) is 1.66. The van der Waals surface area contributed by atoms with Crippen molar-refractivity contribution in [1.29, 1.82) is 0 Å². The van der Waals surface area contributed by atoms with Crippen molar-refractivity contribution in [2.45, 2.75) is 32.1 Å². The van der Waals surface area contributed by atoms with Gasteiger partial charge in [-0.2, -0.15) is 0 Å². The van der Waals surface area contributed by atoms with Crippen molar-refractivity contribution in [2.24, 2.45) is 10.9 Å². The molecule has 1 atom stereocenters. The molecule has 0 aliphatic heterocycles. The Hall–Kier alpha value is -0.910. The minimum Gasteiger partial charge on any atom is -0.396 e. The number of sulfonamides is 1. The van der Waals surface area contributed by atoms with Gasteiger partial charge in [0, 0.05) is 25.6 Å². The van der Waals surface area contributed by atoms with Crippen molar-refractivity contribution in [1.82, 2.24) is 15.4 Å². The van der Waals surface area contributed by atoms with Crippen molar-refractivity contribution in [3.8, 4) is 0 Å². The van der Waals surface area contributed by atoms with Crippen molar-refractivity contribution in [2.75, 3.05) is 38.5 Å². The molecule has 0 radical (unpaired) electrons. The van der Waals surface area contributed by atoms with E-state index in [1.807, 2.05) is 37.3 Å². The zero-order valence-corrected chi connectivity index (χ0v) is 19.6. The van der Waals surface area contributed by atoms with Crippen molar-refractivity contribution in [3.63, 3.8) is 0 Å². The molecule has 1 aromatic rings. The van der Waals surface area contributed by atoms with Gasteiger partial charge < -0.3 is 15.7 Å². The van der Waals surface area contributed by atoms with Crippen LogP contribution in [0, 0.1) is 5.92 Å². The van der Waals surface area contributed by atoms with Gasteiger partial charge in [-0.15, -0.1) is 24.0 Å². The Kier molecular flexibility index (Phi) is 12.0. The van der Waals surface area contributed by atoms with Gasteiger partial charge in [-0.3, -0.25) is 4.99 Å². The van der Waals surface area contributed by atoms with Gasteiger partial charge in [0.15, 0.2) is 5.96 Å². The van der Waals surface area contributed by atoms with Gasteiger partial charge in [-0.25, -0.2) is 13.1 Å². The van der Waals surface area contributed by atoms with Crippen LogP contribution in [0.25, 0.3) is 0 Å². The van der Waals surface area contributed by atoms with E-state index in [9.17, 15) is 13.5 Å². The number of benzene rings is 1. The second-order valence-corrected chi connectivity index (χ2v) is 8.83. The van der Waals surface area contributed by atoms with Gasteiger partial charge in [0.2, 0.25) is 10.0 Å². The van der Waals surface area contributed by atoms with Crippen LogP contribution < -0.4 is 15.4 Å². The van der Waals surface area contributed by atoms with Crippen LogP contribution in [-0.4, -0.2) is 58.0 Å². The van der Waals surface area contributed by atoms with E-state index in [2.05, 4.69) is 20.3 Å². The number of rotatable bonds is 11. The summed E-state index contributed by atoms with van der Waals surface area (Å²) in [5.74, 6) is 0.974. The normalized spacial score (nSPS) is 16.0. The minimum atomic E-state index is -3.28. The third kappa shape index (κ3) is 9.06. The van der Waals surface area contributed by atoms with Gasteiger partial charge in [-0.05, 0) is 31.2 Å².